The lowest BCUT2D eigenvalue weighted by molar-refractivity contribution is 0.277. The zero-order valence-electron chi connectivity index (χ0n) is 9.82. The summed E-state index contributed by atoms with van der Waals surface area (Å²) in [5.41, 5.74) is 0.996. The molecule has 0 radical (unpaired) electrons. The van der Waals surface area contributed by atoms with Crippen molar-refractivity contribution in [3.05, 3.63) is 24.3 Å². The van der Waals surface area contributed by atoms with Crippen LogP contribution in [0.2, 0.25) is 0 Å². The minimum atomic E-state index is -1.74. The summed E-state index contributed by atoms with van der Waals surface area (Å²) in [4.78, 5) is 6.63. The Balaban J connectivity index is 1.85. The van der Waals surface area contributed by atoms with Gasteiger partial charge in [-0.1, -0.05) is 23.5 Å². The van der Waals surface area contributed by atoms with Crippen LogP contribution < -0.4 is 4.90 Å². The Labute approximate surface area is 99.1 Å². The molecule has 0 saturated carbocycles. The number of aromatic nitrogens is 1. The number of hydrogen-bond acceptors (Lipinski definition) is 3. The Bertz CT molecular complexity index is 497. The van der Waals surface area contributed by atoms with Gasteiger partial charge in [-0.05, 0) is 25.0 Å². The molecule has 1 saturated heterocycles. The number of hydrogen-bond donors (Lipinski definition) is 0. The maximum atomic E-state index is 13.4. The zero-order valence-corrected chi connectivity index (χ0v) is 9.63. The lowest BCUT2D eigenvalue weighted by Crippen LogP contribution is -2.34. The van der Waals surface area contributed by atoms with Crippen LogP contribution >= 0.6 is 11.3 Å². The van der Waals surface area contributed by atoms with E-state index in [1.54, 1.807) is 11.3 Å². The monoisotopic (exact) mass is 237 g/mol. The molecule has 0 aliphatic carbocycles. The summed E-state index contributed by atoms with van der Waals surface area (Å²) in [5, 5.41) is 0.946. The molecule has 2 heterocycles. The molecule has 0 atom stereocenters. The number of piperidine rings is 1. The molecule has 1 aromatic carbocycles. The largest absolute Gasteiger partial charge is 0.348 e. The molecule has 2 aromatic rings. The number of alkyl halides is 1. The Morgan fingerprint density at radius 3 is 2.88 bits per heavy atom. The Kier molecular flexibility index (Phi) is 2.24. The van der Waals surface area contributed by atoms with E-state index in [0.717, 1.165) is 15.3 Å². The molecule has 3 rings (SSSR count). The zero-order chi connectivity index (χ0) is 11.9. The van der Waals surface area contributed by atoms with Crippen molar-refractivity contribution in [2.24, 2.45) is 0 Å². The Morgan fingerprint density at radius 2 is 2.12 bits per heavy atom. The van der Waals surface area contributed by atoms with Gasteiger partial charge in [0.1, 0.15) is 6.15 Å². The molecule has 84 valence electrons. The minimum Gasteiger partial charge on any atom is -0.348 e. The molecule has 1 aromatic heterocycles. The van der Waals surface area contributed by atoms with Crippen molar-refractivity contribution < 1.29 is 5.76 Å². The third-order valence-electron chi connectivity index (χ3n) is 2.86. The first-order valence-corrected chi connectivity index (χ1v) is 6.25. The van der Waals surface area contributed by atoms with Crippen LogP contribution in [-0.2, 0) is 0 Å². The third-order valence-corrected chi connectivity index (χ3v) is 3.96. The highest BCUT2D eigenvalue weighted by atomic mass is 32.1. The SMILES string of the molecule is [2H]C1(F)CCN(c2nc3ccccc3s2)CC1. The number of benzene rings is 1. The van der Waals surface area contributed by atoms with Crippen molar-refractivity contribution in [1.29, 1.82) is 0 Å². The highest BCUT2D eigenvalue weighted by Gasteiger charge is 2.20. The molecule has 16 heavy (non-hydrogen) atoms. The van der Waals surface area contributed by atoms with Gasteiger partial charge in [0.25, 0.3) is 0 Å². The molecule has 0 N–H and O–H groups in total. The average molecular weight is 237 g/mol. The first-order chi connectivity index (χ1) is 8.14. The molecule has 0 spiro atoms. The van der Waals surface area contributed by atoms with Crippen LogP contribution in [0.4, 0.5) is 9.52 Å². The number of rotatable bonds is 1. The molecular weight excluding hydrogens is 223 g/mol. The molecular formula is C12H13FN2S. The molecule has 1 aliphatic heterocycles. The van der Waals surface area contributed by atoms with E-state index >= 15 is 0 Å². The fraction of sp³-hybridized carbons (Fsp3) is 0.417. The van der Waals surface area contributed by atoms with Crippen LogP contribution in [-0.4, -0.2) is 24.2 Å². The van der Waals surface area contributed by atoms with Crippen molar-refractivity contribution in [2.45, 2.75) is 19.0 Å². The third kappa shape index (κ3) is 1.78. The number of nitrogens with zero attached hydrogens (tertiary/aromatic N) is 2. The van der Waals surface area contributed by atoms with Gasteiger partial charge in [0.2, 0.25) is 0 Å². The second-order valence-corrected chi connectivity index (χ2v) is 4.98. The topological polar surface area (TPSA) is 16.1 Å². The van der Waals surface area contributed by atoms with Crippen LogP contribution in [0.3, 0.4) is 0 Å². The first-order valence-electron chi connectivity index (χ1n) is 5.93. The van der Waals surface area contributed by atoms with Crippen molar-refractivity contribution in [3.8, 4) is 0 Å². The lowest BCUT2D eigenvalue weighted by atomic mass is 10.1. The van der Waals surface area contributed by atoms with E-state index < -0.39 is 6.15 Å². The Morgan fingerprint density at radius 1 is 1.38 bits per heavy atom. The molecule has 0 unspecified atom stereocenters. The van der Waals surface area contributed by atoms with Crippen LogP contribution in [0.5, 0.6) is 0 Å². The van der Waals surface area contributed by atoms with E-state index in [-0.39, 0.29) is 12.8 Å². The number of para-hydroxylation sites is 1. The van der Waals surface area contributed by atoms with E-state index in [1.807, 2.05) is 24.3 Å². The summed E-state index contributed by atoms with van der Waals surface area (Å²) in [6.45, 7) is 1.17. The van der Waals surface area contributed by atoms with Crippen LogP contribution in [0.1, 0.15) is 14.2 Å². The van der Waals surface area contributed by atoms with Gasteiger partial charge in [-0.25, -0.2) is 9.37 Å². The van der Waals surface area contributed by atoms with Gasteiger partial charge in [0, 0.05) is 13.1 Å². The normalized spacial score (nSPS) is 21.1. The molecule has 0 amide bonds. The molecule has 1 fully saturated rings. The molecule has 4 heteroatoms. The number of halogens is 1. The smallest absolute Gasteiger partial charge is 0.186 e. The summed E-state index contributed by atoms with van der Waals surface area (Å²) in [6.07, 6.45) is -1.21. The lowest BCUT2D eigenvalue weighted by Gasteiger charge is -2.27. The summed E-state index contributed by atoms with van der Waals surface area (Å²) < 4.78 is 21.9. The highest BCUT2D eigenvalue weighted by Crippen LogP contribution is 2.30. The molecule has 2 nitrogen and oxygen atoms in total. The van der Waals surface area contributed by atoms with Gasteiger partial charge >= 0.3 is 0 Å². The maximum absolute atomic E-state index is 13.4. The average Bonchev–Trinajstić information content (AvgIpc) is 2.72. The second kappa shape index (κ2) is 4.01. The fourth-order valence-electron chi connectivity index (χ4n) is 1.94. The number of thiazole rings is 1. The van der Waals surface area contributed by atoms with Crippen molar-refractivity contribution in [2.75, 3.05) is 18.0 Å². The fourth-order valence-corrected chi connectivity index (χ4v) is 2.95. The predicted octanol–water partition coefficient (Wildman–Crippen LogP) is 3.23. The van der Waals surface area contributed by atoms with Gasteiger partial charge in [0.05, 0.1) is 11.6 Å². The highest BCUT2D eigenvalue weighted by molar-refractivity contribution is 7.22. The van der Waals surface area contributed by atoms with E-state index in [2.05, 4.69) is 9.88 Å². The van der Waals surface area contributed by atoms with Gasteiger partial charge in [0.15, 0.2) is 5.13 Å². The van der Waals surface area contributed by atoms with E-state index in [9.17, 15) is 4.39 Å². The van der Waals surface area contributed by atoms with Gasteiger partial charge in [-0.15, -0.1) is 0 Å². The minimum absolute atomic E-state index is 0.267. The summed E-state index contributed by atoms with van der Waals surface area (Å²) in [7, 11) is 0. The number of fused-ring (bicyclic) bond motifs is 1. The maximum Gasteiger partial charge on any atom is 0.186 e. The second-order valence-electron chi connectivity index (χ2n) is 3.97. The van der Waals surface area contributed by atoms with Gasteiger partial charge in [-0.3, -0.25) is 0 Å². The standard InChI is InChI=1S/C12H13FN2S/c13-9-5-7-15(8-6-9)12-14-10-3-1-2-4-11(10)16-12/h1-4,9H,5-8H2/i9D. The van der Waals surface area contributed by atoms with Crippen LogP contribution in [0.15, 0.2) is 24.3 Å². The summed E-state index contributed by atoms with van der Waals surface area (Å²) >= 11 is 1.64. The van der Waals surface area contributed by atoms with Crippen LogP contribution in [0.25, 0.3) is 10.2 Å². The van der Waals surface area contributed by atoms with Crippen molar-refractivity contribution in [1.82, 2.24) is 4.98 Å². The summed E-state index contributed by atoms with van der Waals surface area (Å²) in [6, 6.07) is 8.00. The van der Waals surface area contributed by atoms with Gasteiger partial charge in [-0.2, -0.15) is 0 Å². The van der Waals surface area contributed by atoms with E-state index in [0.29, 0.717) is 13.1 Å². The van der Waals surface area contributed by atoms with E-state index in [1.165, 1.54) is 0 Å². The molecule has 0 bridgehead atoms. The first kappa shape index (κ1) is 8.93. The quantitative estimate of drug-likeness (QED) is 0.757. The van der Waals surface area contributed by atoms with Crippen molar-refractivity contribution >= 4 is 26.7 Å². The van der Waals surface area contributed by atoms with Crippen LogP contribution in [0, 0.1) is 0 Å². The van der Waals surface area contributed by atoms with Gasteiger partial charge < -0.3 is 4.90 Å². The number of anilines is 1. The van der Waals surface area contributed by atoms with Crippen molar-refractivity contribution in [3.63, 3.8) is 0 Å². The summed E-state index contributed by atoms with van der Waals surface area (Å²) in [5.74, 6) is 0. The predicted molar refractivity (Wildman–Crippen MR) is 66.0 cm³/mol. The van der Waals surface area contributed by atoms with E-state index in [4.69, 9.17) is 1.37 Å². The molecule has 1 aliphatic rings. The Hall–Kier alpha value is -1.16.